The van der Waals surface area contributed by atoms with E-state index in [1.54, 1.807) is 25.1 Å². The van der Waals surface area contributed by atoms with Crippen molar-refractivity contribution < 1.29 is 4.79 Å². The summed E-state index contributed by atoms with van der Waals surface area (Å²) in [5.74, 6) is -0.400. The van der Waals surface area contributed by atoms with Crippen LogP contribution in [0.4, 0.5) is 0 Å². The average Bonchev–Trinajstić information content (AvgIpc) is 2.57. The number of carbonyl (C=O) groups is 1. The van der Waals surface area contributed by atoms with E-state index in [-0.39, 0.29) is 17.4 Å². The van der Waals surface area contributed by atoms with Gasteiger partial charge >= 0.3 is 0 Å². The highest BCUT2D eigenvalue weighted by Gasteiger charge is 2.33. The lowest BCUT2D eigenvalue weighted by Crippen LogP contribution is -2.03. The van der Waals surface area contributed by atoms with Crippen LogP contribution in [0.3, 0.4) is 0 Å². The van der Waals surface area contributed by atoms with Crippen molar-refractivity contribution in [2.24, 2.45) is 5.92 Å². The minimum atomic E-state index is -0.388. The number of ketones is 1. The lowest BCUT2D eigenvalue weighted by Gasteiger charge is -2.03. The highest BCUT2D eigenvalue weighted by Crippen LogP contribution is 2.38. The third-order valence-electron chi connectivity index (χ3n) is 2.78. The molecule has 1 aromatic rings. The van der Waals surface area contributed by atoms with E-state index in [0.717, 1.165) is 5.56 Å². The zero-order valence-electron chi connectivity index (χ0n) is 8.69. The molecule has 3 nitrogen and oxygen atoms in total. The van der Waals surface area contributed by atoms with E-state index >= 15 is 0 Å². The Bertz CT molecular complexity index is 569. The monoisotopic (exact) mass is 208 g/mol. The molecular weight excluding hydrogens is 200 g/mol. The maximum absolute atomic E-state index is 11.9. The van der Waals surface area contributed by atoms with Crippen molar-refractivity contribution in [2.75, 3.05) is 0 Å². The standard InChI is InChI=1S/C13H8N2O/c1-8-12(11(7-14)15-2)9-5-3-4-6-10(9)13(8)16/h3-6,8H,1H3/b12-11+. The van der Waals surface area contributed by atoms with E-state index < -0.39 is 0 Å². The molecule has 1 unspecified atom stereocenters. The third kappa shape index (κ3) is 1.23. The van der Waals surface area contributed by atoms with E-state index in [0.29, 0.717) is 11.1 Å². The van der Waals surface area contributed by atoms with Crippen LogP contribution < -0.4 is 0 Å². The molecule has 0 N–H and O–H groups in total. The molecule has 0 fully saturated rings. The molecule has 3 heteroatoms. The Labute approximate surface area is 93.4 Å². The van der Waals surface area contributed by atoms with Crippen molar-refractivity contribution in [1.29, 1.82) is 5.26 Å². The van der Waals surface area contributed by atoms with Gasteiger partial charge in [-0.15, -0.1) is 0 Å². The summed E-state index contributed by atoms with van der Waals surface area (Å²) in [6, 6.07) is 8.98. The fraction of sp³-hybridized carbons (Fsp3) is 0.154. The van der Waals surface area contributed by atoms with Crippen LogP contribution >= 0.6 is 0 Å². The van der Waals surface area contributed by atoms with Gasteiger partial charge in [-0.05, 0) is 11.1 Å². The van der Waals surface area contributed by atoms with Gasteiger partial charge in [0.05, 0.1) is 12.6 Å². The van der Waals surface area contributed by atoms with Crippen LogP contribution in [0, 0.1) is 23.8 Å². The molecule has 0 aromatic heterocycles. The number of allylic oxidation sites excluding steroid dienone is 2. The highest BCUT2D eigenvalue weighted by atomic mass is 16.1. The molecular formula is C13H8N2O. The summed E-state index contributed by atoms with van der Waals surface area (Å²) in [7, 11) is 0. The lowest BCUT2D eigenvalue weighted by molar-refractivity contribution is 0.0965. The van der Waals surface area contributed by atoms with E-state index in [4.69, 9.17) is 11.8 Å². The molecule has 0 radical (unpaired) electrons. The number of rotatable bonds is 0. The van der Waals surface area contributed by atoms with Gasteiger partial charge in [-0.25, -0.2) is 10.1 Å². The van der Waals surface area contributed by atoms with Crippen LogP contribution in [0.2, 0.25) is 0 Å². The Morgan fingerprint density at radius 2 is 2.06 bits per heavy atom. The summed E-state index contributed by atoms with van der Waals surface area (Å²) in [5.41, 5.74) is 1.93. The summed E-state index contributed by atoms with van der Waals surface area (Å²) >= 11 is 0. The molecule has 2 rings (SSSR count). The first-order chi connectivity index (χ1) is 7.70. The second-order valence-corrected chi connectivity index (χ2v) is 3.62. The number of benzene rings is 1. The average molecular weight is 208 g/mol. The number of carbonyl (C=O) groups excluding carboxylic acids is 1. The van der Waals surface area contributed by atoms with Crippen molar-refractivity contribution in [1.82, 2.24) is 0 Å². The quantitative estimate of drug-likeness (QED) is 0.486. The van der Waals surface area contributed by atoms with Crippen LogP contribution in [0.25, 0.3) is 10.4 Å². The molecule has 1 aliphatic rings. The zero-order chi connectivity index (χ0) is 11.7. The predicted molar refractivity (Wildman–Crippen MR) is 59.1 cm³/mol. The highest BCUT2D eigenvalue weighted by molar-refractivity contribution is 6.14. The van der Waals surface area contributed by atoms with Gasteiger partial charge in [0.25, 0.3) is 5.70 Å². The molecule has 0 heterocycles. The molecule has 76 valence electrons. The third-order valence-corrected chi connectivity index (χ3v) is 2.78. The fourth-order valence-electron chi connectivity index (χ4n) is 2.01. The normalized spacial score (nSPS) is 20.9. The summed E-state index contributed by atoms with van der Waals surface area (Å²) in [6.45, 7) is 8.69. The smallest absolute Gasteiger partial charge is 0.266 e. The Hall–Kier alpha value is -2.39. The van der Waals surface area contributed by atoms with Gasteiger partial charge in [-0.3, -0.25) is 4.79 Å². The zero-order valence-corrected chi connectivity index (χ0v) is 8.69. The minimum Gasteiger partial charge on any atom is -0.294 e. The summed E-state index contributed by atoms with van der Waals surface area (Å²) in [4.78, 5) is 15.1. The van der Waals surface area contributed by atoms with Gasteiger partial charge in [-0.1, -0.05) is 31.2 Å². The first-order valence-corrected chi connectivity index (χ1v) is 4.86. The van der Waals surface area contributed by atoms with E-state index in [9.17, 15) is 4.79 Å². The molecule has 0 amide bonds. The number of hydrogen-bond acceptors (Lipinski definition) is 2. The van der Waals surface area contributed by atoms with E-state index in [1.807, 2.05) is 12.1 Å². The fourth-order valence-corrected chi connectivity index (χ4v) is 2.01. The van der Waals surface area contributed by atoms with Crippen molar-refractivity contribution in [3.05, 3.63) is 52.5 Å². The van der Waals surface area contributed by atoms with Gasteiger partial charge in [0.15, 0.2) is 5.78 Å². The second-order valence-electron chi connectivity index (χ2n) is 3.62. The maximum atomic E-state index is 11.9. The Kier molecular flexibility index (Phi) is 2.31. The summed E-state index contributed by atoms with van der Waals surface area (Å²) < 4.78 is 0. The molecule has 0 saturated heterocycles. The maximum Gasteiger partial charge on any atom is 0.266 e. The summed E-state index contributed by atoms with van der Waals surface area (Å²) in [6.07, 6.45) is 0. The SMILES string of the molecule is [C-]#[N+]/C(C#N)=C1/c2ccccc2C(=O)C1C. The van der Waals surface area contributed by atoms with Gasteiger partial charge in [0.1, 0.15) is 0 Å². The van der Waals surface area contributed by atoms with Crippen LogP contribution in [0.1, 0.15) is 22.8 Å². The molecule has 1 aliphatic carbocycles. The number of Topliss-reactive ketones (excluding diaryl/α,β-unsaturated/α-hetero) is 1. The van der Waals surface area contributed by atoms with Gasteiger partial charge in [0.2, 0.25) is 0 Å². The number of hydrogen-bond donors (Lipinski definition) is 0. The van der Waals surface area contributed by atoms with Crippen molar-refractivity contribution >= 4 is 11.4 Å². The number of nitriles is 1. The number of fused-ring (bicyclic) bond motifs is 1. The predicted octanol–water partition coefficient (Wildman–Crippen LogP) is 2.67. The van der Waals surface area contributed by atoms with Crippen molar-refractivity contribution in [3.63, 3.8) is 0 Å². The van der Waals surface area contributed by atoms with Gasteiger partial charge in [-0.2, -0.15) is 0 Å². The molecule has 1 atom stereocenters. The first kappa shape index (κ1) is 10.1. The van der Waals surface area contributed by atoms with Crippen LogP contribution in [0.15, 0.2) is 30.0 Å². The van der Waals surface area contributed by atoms with Gasteiger partial charge in [0, 0.05) is 11.5 Å². The second kappa shape index (κ2) is 3.64. The van der Waals surface area contributed by atoms with Crippen molar-refractivity contribution in [2.45, 2.75) is 6.92 Å². The van der Waals surface area contributed by atoms with Crippen LogP contribution in [0.5, 0.6) is 0 Å². The van der Waals surface area contributed by atoms with Crippen LogP contribution in [-0.2, 0) is 0 Å². The Morgan fingerprint density at radius 3 is 2.62 bits per heavy atom. The molecule has 0 saturated carbocycles. The largest absolute Gasteiger partial charge is 0.294 e. The Morgan fingerprint density at radius 1 is 1.44 bits per heavy atom. The number of nitrogens with zero attached hydrogens (tertiary/aromatic N) is 2. The van der Waals surface area contributed by atoms with E-state index in [1.165, 1.54) is 0 Å². The molecule has 16 heavy (non-hydrogen) atoms. The summed E-state index contributed by atoms with van der Waals surface area (Å²) in [5, 5.41) is 8.88. The lowest BCUT2D eigenvalue weighted by atomic mass is 9.99. The van der Waals surface area contributed by atoms with E-state index in [2.05, 4.69) is 4.85 Å². The minimum absolute atomic E-state index is 0.0120. The molecule has 0 spiro atoms. The Balaban J connectivity index is 2.78. The first-order valence-electron chi connectivity index (χ1n) is 4.86. The van der Waals surface area contributed by atoms with Gasteiger partial charge < -0.3 is 0 Å². The van der Waals surface area contributed by atoms with Crippen LogP contribution in [-0.4, -0.2) is 5.78 Å². The molecule has 1 aromatic carbocycles. The molecule has 0 bridgehead atoms. The molecule has 0 aliphatic heterocycles. The topological polar surface area (TPSA) is 45.2 Å². The van der Waals surface area contributed by atoms with Crippen molar-refractivity contribution in [3.8, 4) is 6.07 Å².